The first-order chi connectivity index (χ1) is 13.4. The van der Waals surface area contributed by atoms with Gasteiger partial charge in [-0.05, 0) is 76.5 Å². The zero-order valence-corrected chi connectivity index (χ0v) is 20.0. The number of thioether (sulfide) groups is 1. The van der Waals surface area contributed by atoms with Crippen LogP contribution in [0.1, 0.15) is 27.9 Å². The van der Waals surface area contributed by atoms with Gasteiger partial charge in [-0.3, -0.25) is 9.69 Å². The van der Waals surface area contributed by atoms with Crippen molar-refractivity contribution in [1.82, 2.24) is 9.88 Å². The molecule has 0 aliphatic rings. The Hall–Kier alpha value is -1.60. The summed E-state index contributed by atoms with van der Waals surface area (Å²) >= 11 is 3.20. The van der Waals surface area contributed by atoms with E-state index in [2.05, 4.69) is 45.0 Å². The molecule has 156 valence electrons. The molecule has 0 aliphatic heterocycles. The standard InChI is InChI=1S/C22H27N3OS2.ClH/c1-15-11-12-19-20(16(15)2)23-22(28-19)25(14-8-13-24(3)4)21(26)17-9-6-7-10-18(17)27-5;/h6-7,9-12H,8,13-14H2,1-5H3;1H. The summed E-state index contributed by atoms with van der Waals surface area (Å²) in [5, 5.41) is 0.781. The van der Waals surface area contributed by atoms with Crippen molar-refractivity contribution < 1.29 is 4.79 Å². The highest BCUT2D eigenvalue weighted by atomic mass is 35.5. The zero-order valence-electron chi connectivity index (χ0n) is 17.6. The van der Waals surface area contributed by atoms with Crippen LogP contribution in [0.4, 0.5) is 5.13 Å². The van der Waals surface area contributed by atoms with Crippen molar-refractivity contribution in [1.29, 1.82) is 0 Å². The van der Waals surface area contributed by atoms with Gasteiger partial charge in [0.05, 0.1) is 15.8 Å². The van der Waals surface area contributed by atoms with Crippen LogP contribution in [0.2, 0.25) is 0 Å². The van der Waals surface area contributed by atoms with Crippen LogP contribution in [-0.2, 0) is 0 Å². The van der Waals surface area contributed by atoms with E-state index in [1.807, 2.05) is 35.4 Å². The largest absolute Gasteiger partial charge is 0.309 e. The van der Waals surface area contributed by atoms with Crippen LogP contribution >= 0.6 is 35.5 Å². The maximum absolute atomic E-state index is 13.5. The average molecular weight is 450 g/mol. The fourth-order valence-corrected chi connectivity index (χ4v) is 4.77. The molecule has 1 amide bonds. The molecule has 0 saturated heterocycles. The molecule has 29 heavy (non-hydrogen) atoms. The molecule has 0 spiro atoms. The molecule has 0 atom stereocenters. The minimum Gasteiger partial charge on any atom is -0.309 e. The van der Waals surface area contributed by atoms with E-state index in [9.17, 15) is 4.79 Å². The predicted molar refractivity (Wildman–Crippen MR) is 129 cm³/mol. The Morgan fingerprint density at radius 1 is 1.10 bits per heavy atom. The lowest BCUT2D eigenvalue weighted by Gasteiger charge is -2.22. The number of hydrogen-bond acceptors (Lipinski definition) is 5. The molecule has 0 radical (unpaired) electrons. The molecule has 4 nitrogen and oxygen atoms in total. The summed E-state index contributed by atoms with van der Waals surface area (Å²) in [5.41, 5.74) is 4.16. The second-order valence-corrected chi connectivity index (χ2v) is 9.02. The number of aromatic nitrogens is 1. The Bertz CT molecular complexity index is 987. The first-order valence-electron chi connectivity index (χ1n) is 9.38. The summed E-state index contributed by atoms with van der Waals surface area (Å²) in [6, 6.07) is 12.1. The van der Waals surface area contributed by atoms with Crippen LogP contribution in [0, 0.1) is 13.8 Å². The molecule has 1 aromatic heterocycles. The Labute approximate surface area is 187 Å². The van der Waals surface area contributed by atoms with Gasteiger partial charge in [0.25, 0.3) is 5.91 Å². The SMILES string of the molecule is CSc1ccccc1C(=O)N(CCCN(C)C)c1nc2c(C)c(C)ccc2s1.Cl. The number of fused-ring (bicyclic) bond motifs is 1. The molecule has 2 aromatic carbocycles. The topological polar surface area (TPSA) is 36.4 Å². The second-order valence-electron chi connectivity index (χ2n) is 7.16. The van der Waals surface area contributed by atoms with Gasteiger partial charge in [0.15, 0.2) is 5.13 Å². The Kier molecular flexibility index (Phi) is 8.52. The van der Waals surface area contributed by atoms with Gasteiger partial charge in [-0.25, -0.2) is 4.98 Å². The maximum Gasteiger partial charge on any atom is 0.261 e. The van der Waals surface area contributed by atoms with Crippen molar-refractivity contribution in [3.05, 3.63) is 53.1 Å². The monoisotopic (exact) mass is 449 g/mol. The number of carbonyl (C=O) groups excluding carboxylic acids is 1. The molecule has 1 heterocycles. The third kappa shape index (κ3) is 5.31. The number of rotatable bonds is 7. The molecule has 3 aromatic rings. The summed E-state index contributed by atoms with van der Waals surface area (Å²) < 4.78 is 1.13. The lowest BCUT2D eigenvalue weighted by Crippen LogP contribution is -2.33. The molecule has 0 N–H and O–H groups in total. The van der Waals surface area contributed by atoms with Crippen molar-refractivity contribution in [2.75, 3.05) is 38.3 Å². The van der Waals surface area contributed by atoms with Gasteiger partial charge in [0.1, 0.15) is 0 Å². The van der Waals surface area contributed by atoms with Crippen molar-refractivity contribution >= 4 is 56.8 Å². The first-order valence-corrected chi connectivity index (χ1v) is 11.4. The average Bonchev–Trinajstić information content (AvgIpc) is 3.12. The zero-order chi connectivity index (χ0) is 20.3. The van der Waals surface area contributed by atoms with E-state index in [0.29, 0.717) is 6.54 Å². The Morgan fingerprint density at radius 2 is 1.83 bits per heavy atom. The van der Waals surface area contributed by atoms with E-state index >= 15 is 0 Å². The fourth-order valence-electron chi connectivity index (χ4n) is 3.13. The van der Waals surface area contributed by atoms with Crippen molar-refractivity contribution in [2.45, 2.75) is 25.2 Å². The number of thiazole rings is 1. The summed E-state index contributed by atoms with van der Waals surface area (Å²) in [4.78, 5) is 23.4. The Morgan fingerprint density at radius 3 is 2.52 bits per heavy atom. The number of aryl methyl sites for hydroxylation is 2. The molecule has 0 bridgehead atoms. The Balaban J connectivity index is 0.00000300. The lowest BCUT2D eigenvalue weighted by molar-refractivity contribution is 0.0983. The third-order valence-electron chi connectivity index (χ3n) is 4.87. The maximum atomic E-state index is 13.5. The van der Waals surface area contributed by atoms with E-state index in [1.54, 1.807) is 23.1 Å². The normalized spacial score (nSPS) is 11.0. The van der Waals surface area contributed by atoms with Crippen molar-refractivity contribution in [3.8, 4) is 0 Å². The molecule has 0 saturated carbocycles. The number of nitrogens with zero attached hydrogens (tertiary/aromatic N) is 3. The van der Waals surface area contributed by atoms with Gasteiger partial charge >= 0.3 is 0 Å². The van der Waals surface area contributed by atoms with Crippen molar-refractivity contribution in [3.63, 3.8) is 0 Å². The van der Waals surface area contributed by atoms with Crippen LogP contribution in [0.15, 0.2) is 41.3 Å². The van der Waals surface area contributed by atoms with E-state index in [4.69, 9.17) is 4.98 Å². The predicted octanol–water partition coefficient (Wildman–Crippen LogP) is 5.66. The highest BCUT2D eigenvalue weighted by Gasteiger charge is 2.23. The van der Waals surface area contributed by atoms with Gasteiger partial charge < -0.3 is 4.90 Å². The van der Waals surface area contributed by atoms with E-state index in [1.165, 1.54) is 11.1 Å². The second kappa shape index (κ2) is 10.4. The summed E-state index contributed by atoms with van der Waals surface area (Å²) in [6.45, 7) is 5.78. The molecule has 3 rings (SSSR count). The van der Waals surface area contributed by atoms with Crippen molar-refractivity contribution in [2.24, 2.45) is 0 Å². The van der Waals surface area contributed by atoms with Crippen LogP contribution in [0.3, 0.4) is 0 Å². The number of benzene rings is 2. The molecule has 7 heteroatoms. The van der Waals surface area contributed by atoms with Crippen LogP contribution in [-0.4, -0.2) is 49.2 Å². The van der Waals surface area contributed by atoms with Gasteiger partial charge in [0, 0.05) is 11.4 Å². The number of anilines is 1. The number of hydrogen-bond donors (Lipinski definition) is 0. The quantitative estimate of drug-likeness (QED) is 0.436. The summed E-state index contributed by atoms with van der Waals surface area (Å²) in [5.74, 6) is 0.0251. The smallest absolute Gasteiger partial charge is 0.261 e. The number of amides is 1. The van der Waals surface area contributed by atoms with Gasteiger partial charge in [-0.2, -0.15) is 0 Å². The van der Waals surface area contributed by atoms with E-state index in [-0.39, 0.29) is 18.3 Å². The number of carbonyl (C=O) groups is 1. The third-order valence-corrected chi connectivity index (χ3v) is 6.71. The van der Waals surface area contributed by atoms with Gasteiger partial charge in [-0.1, -0.05) is 29.5 Å². The fraction of sp³-hybridized carbons (Fsp3) is 0.364. The van der Waals surface area contributed by atoms with E-state index < -0.39 is 0 Å². The molecule has 0 aliphatic carbocycles. The minimum atomic E-state index is 0. The molecular weight excluding hydrogens is 422 g/mol. The number of halogens is 1. The van der Waals surface area contributed by atoms with Crippen LogP contribution < -0.4 is 4.90 Å². The van der Waals surface area contributed by atoms with E-state index in [0.717, 1.165) is 38.8 Å². The summed E-state index contributed by atoms with van der Waals surface area (Å²) in [6.07, 6.45) is 2.90. The molecule has 0 fully saturated rings. The summed E-state index contributed by atoms with van der Waals surface area (Å²) in [7, 11) is 4.11. The van der Waals surface area contributed by atoms with Gasteiger partial charge in [-0.15, -0.1) is 24.2 Å². The van der Waals surface area contributed by atoms with Crippen LogP contribution in [0.5, 0.6) is 0 Å². The molecular formula is C22H28ClN3OS2. The van der Waals surface area contributed by atoms with Gasteiger partial charge in [0.2, 0.25) is 0 Å². The highest BCUT2D eigenvalue weighted by molar-refractivity contribution is 7.98. The minimum absolute atomic E-state index is 0. The first kappa shape index (κ1) is 23.7. The van der Waals surface area contributed by atoms with Crippen LogP contribution in [0.25, 0.3) is 10.2 Å². The lowest BCUT2D eigenvalue weighted by atomic mass is 10.1. The molecule has 0 unspecified atom stereocenters. The highest BCUT2D eigenvalue weighted by Crippen LogP contribution is 2.33.